The molecule has 1 saturated heterocycles. The van der Waals surface area contributed by atoms with Gasteiger partial charge in [-0.25, -0.2) is 0 Å². The average molecular weight is 497 g/mol. The largest absolute Gasteiger partial charge is 0.388 e. The lowest BCUT2D eigenvalue weighted by atomic mass is 10.0. The molecule has 1 aromatic rings. The van der Waals surface area contributed by atoms with Crippen molar-refractivity contribution in [1.29, 1.82) is 5.26 Å². The molecule has 0 aromatic heterocycles. The highest BCUT2D eigenvalue weighted by Crippen LogP contribution is 2.29. The standard InChI is InChI=1S/C21H31N5O.HI/c1-2-23-20(24-16-21(27)11-5-6-12-21)25-18-9-7-13-26(15-18)19-10-4-3-8-17(19)14-22;/h3-4,8,10,18,27H,2,5-7,9,11-13,15-16H2,1H3,(H2,23,24,25);1H. The van der Waals surface area contributed by atoms with Gasteiger partial charge in [-0.1, -0.05) is 25.0 Å². The van der Waals surface area contributed by atoms with Gasteiger partial charge in [0.25, 0.3) is 0 Å². The molecule has 1 aromatic carbocycles. The maximum absolute atomic E-state index is 10.6. The number of rotatable bonds is 5. The molecular weight excluding hydrogens is 465 g/mol. The molecule has 2 fully saturated rings. The SMILES string of the molecule is CCNC(=NCC1(O)CCCC1)NC1CCCN(c2ccccc2C#N)C1.I. The van der Waals surface area contributed by atoms with Crippen molar-refractivity contribution in [2.75, 3.05) is 31.1 Å². The van der Waals surface area contributed by atoms with Gasteiger partial charge in [-0.2, -0.15) is 5.26 Å². The van der Waals surface area contributed by atoms with Crippen molar-refractivity contribution in [3.63, 3.8) is 0 Å². The Kier molecular flexibility index (Phi) is 8.83. The Labute approximate surface area is 185 Å². The topological polar surface area (TPSA) is 83.7 Å². The van der Waals surface area contributed by atoms with Crippen LogP contribution in [0.1, 0.15) is 51.0 Å². The van der Waals surface area contributed by atoms with Gasteiger partial charge in [-0.05, 0) is 44.7 Å². The van der Waals surface area contributed by atoms with Gasteiger partial charge in [0.1, 0.15) is 6.07 Å². The van der Waals surface area contributed by atoms with Gasteiger partial charge in [-0.15, -0.1) is 24.0 Å². The zero-order valence-corrected chi connectivity index (χ0v) is 19.0. The number of nitrogens with one attached hydrogen (secondary N) is 2. The summed E-state index contributed by atoms with van der Waals surface area (Å²) < 4.78 is 0. The molecule has 3 rings (SSSR count). The van der Waals surface area contributed by atoms with Crippen molar-refractivity contribution in [3.8, 4) is 6.07 Å². The van der Waals surface area contributed by atoms with Crippen LogP contribution >= 0.6 is 24.0 Å². The maximum atomic E-state index is 10.6. The van der Waals surface area contributed by atoms with Crippen LogP contribution in [0, 0.1) is 11.3 Å². The predicted octanol–water partition coefficient (Wildman–Crippen LogP) is 3.01. The molecule has 0 radical (unpaired) electrons. The molecule has 0 spiro atoms. The van der Waals surface area contributed by atoms with Crippen LogP contribution in [0.15, 0.2) is 29.3 Å². The minimum Gasteiger partial charge on any atom is -0.388 e. The fraction of sp³-hybridized carbons (Fsp3) is 0.619. The smallest absolute Gasteiger partial charge is 0.191 e. The fourth-order valence-electron chi connectivity index (χ4n) is 4.09. The lowest BCUT2D eigenvalue weighted by Crippen LogP contribution is -2.51. The molecule has 1 aliphatic carbocycles. The number of nitriles is 1. The number of hydrogen-bond acceptors (Lipinski definition) is 4. The number of benzene rings is 1. The summed E-state index contributed by atoms with van der Waals surface area (Å²) in [6.45, 7) is 5.10. The van der Waals surface area contributed by atoms with Crippen molar-refractivity contribution >= 4 is 35.6 Å². The van der Waals surface area contributed by atoms with E-state index in [-0.39, 0.29) is 30.0 Å². The van der Waals surface area contributed by atoms with Crippen LogP contribution < -0.4 is 15.5 Å². The Balaban J connectivity index is 0.00000280. The summed E-state index contributed by atoms with van der Waals surface area (Å²) in [6, 6.07) is 10.4. The molecule has 1 atom stereocenters. The monoisotopic (exact) mass is 497 g/mol. The van der Waals surface area contributed by atoms with Gasteiger partial charge in [0.2, 0.25) is 0 Å². The number of nitrogens with zero attached hydrogens (tertiary/aromatic N) is 3. The number of aliphatic imine (C=N–C) groups is 1. The van der Waals surface area contributed by atoms with Gasteiger partial charge < -0.3 is 20.6 Å². The summed E-state index contributed by atoms with van der Waals surface area (Å²) in [4.78, 5) is 6.95. The maximum Gasteiger partial charge on any atom is 0.191 e. The van der Waals surface area contributed by atoms with Crippen molar-refractivity contribution in [3.05, 3.63) is 29.8 Å². The third kappa shape index (κ3) is 5.98. The molecule has 1 saturated carbocycles. The predicted molar refractivity (Wildman–Crippen MR) is 124 cm³/mol. The van der Waals surface area contributed by atoms with Crippen LogP contribution in [-0.4, -0.2) is 48.9 Å². The van der Waals surface area contributed by atoms with E-state index in [9.17, 15) is 10.4 Å². The molecule has 3 N–H and O–H groups in total. The normalized spacial score (nSPS) is 21.5. The Morgan fingerprint density at radius 2 is 2.07 bits per heavy atom. The molecule has 1 unspecified atom stereocenters. The molecule has 28 heavy (non-hydrogen) atoms. The average Bonchev–Trinajstić information content (AvgIpc) is 3.13. The van der Waals surface area contributed by atoms with Crippen molar-refractivity contribution in [1.82, 2.24) is 10.6 Å². The Morgan fingerprint density at radius 1 is 1.32 bits per heavy atom. The summed E-state index contributed by atoms with van der Waals surface area (Å²) in [5.41, 5.74) is 1.10. The third-order valence-electron chi connectivity index (χ3n) is 5.54. The number of piperidine rings is 1. The highest BCUT2D eigenvalue weighted by molar-refractivity contribution is 14.0. The van der Waals surface area contributed by atoms with Gasteiger partial charge >= 0.3 is 0 Å². The van der Waals surface area contributed by atoms with E-state index in [1.54, 1.807) is 0 Å². The molecule has 0 amide bonds. The zero-order valence-electron chi connectivity index (χ0n) is 16.7. The first-order chi connectivity index (χ1) is 13.1. The minimum absolute atomic E-state index is 0. The Morgan fingerprint density at radius 3 is 2.79 bits per heavy atom. The van der Waals surface area contributed by atoms with Gasteiger partial charge in [0, 0.05) is 25.7 Å². The quantitative estimate of drug-likeness (QED) is 0.331. The zero-order chi connectivity index (χ0) is 19.1. The molecule has 154 valence electrons. The number of anilines is 1. The number of hydrogen-bond donors (Lipinski definition) is 3. The second-order valence-corrected chi connectivity index (χ2v) is 7.69. The van der Waals surface area contributed by atoms with Crippen LogP contribution in [0.5, 0.6) is 0 Å². The van der Waals surface area contributed by atoms with Crippen LogP contribution in [0.2, 0.25) is 0 Å². The number of halogens is 1. The molecule has 1 aliphatic heterocycles. The van der Waals surface area contributed by atoms with Crippen molar-refractivity contribution < 1.29 is 5.11 Å². The number of aliphatic hydroxyl groups is 1. The summed E-state index contributed by atoms with van der Waals surface area (Å²) in [7, 11) is 0. The van der Waals surface area contributed by atoms with E-state index in [4.69, 9.17) is 0 Å². The summed E-state index contributed by atoms with van der Waals surface area (Å²) in [6.07, 6.45) is 6.01. The molecule has 7 heteroatoms. The van der Waals surface area contributed by atoms with E-state index < -0.39 is 5.60 Å². The molecule has 0 bridgehead atoms. The Bertz CT molecular complexity index is 696. The van der Waals surface area contributed by atoms with Gasteiger partial charge in [0.15, 0.2) is 5.96 Å². The van der Waals surface area contributed by atoms with E-state index in [0.717, 1.165) is 75.4 Å². The summed E-state index contributed by atoms with van der Waals surface area (Å²) in [5.74, 6) is 0.776. The second-order valence-electron chi connectivity index (χ2n) is 7.69. The van der Waals surface area contributed by atoms with E-state index >= 15 is 0 Å². The van der Waals surface area contributed by atoms with E-state index in [1.807, 2.05) is 24.3 Å². The first-order valence-electron chi connectivity index (χ1n) is 10.1. The number of guanidine groups is 1. The molecule has 1 heterocycles. The highest BCUT2D eigenvalue weighted by atomic mass is 127. The first-order valence-corrected chi connectivity index (χ1v) is 10.1. The molecule has 6 nitrogen and oxygen atoms in total. The number of para-hydroxylation sites is 1. The fourth-order valence-corrected chi connectivity index (χ4v) is 4.09. The minimum atomic E-state index is -0.632. The molecular formula is C21H32IN5O. The lowest BCUT2D eigenvalue weighted by Gasteiger charge is -2.36. The third-order valence-corrected chi connectivity index (χ3v) is 5.54. The van der Waals surface area contributed by atoms with Crippen molar-refractivity contribution in [2.45, 2.75) is 57.1 Å². The van der Waals surface area contributed by atoms with Crippen molar-refractivity contribution in [2.24, 2.45) is 4.99 Å². The summed E-state index contributed by atoms with van der Waals surface area (Å²) >= 11 is 0. The van der Waals surface area contributed by atoms with Crippen LogP contribution in [0.3, 0.4) is 0 Å². The van der Waals surface area contributed by atoms with E-state index in [1.165, 1.54) is 0 Å². The first kappa shape index (κ1) is 22.8. The van der Waals surface area contributed by atoms with Gasteiger partial charge in [0.05, 0.1) is 23.4 Å². The summed E-state index contributed by atoms with van der Waals surface area (Å²) in [5, 5.41) is 26.8. The Hall–Kier alpha value is -1.53. The highest BCUT2D eigenvalue weighted by Gasteiger charge is 2.31. The van der Waals surface area contributed by atoms with Gasteiger partial charge in [-0.3, -0.25) is 4.99 Å². The lowest BCUT2D eigenvalue weighted by molar-refractivity contribution is 0.0574. The van der Waals surface area contributed by atoms with Crippen LogP contribution in [-0.2, 0) is 0 Å². The molecule has 2 aliphatic rings. The van der Waals surface area contributed by atoms with E-state index in [2.05, 4.69) is 33.5 Å². The van der Waals surface area contributed by atoms with Crippen LogP contribution in [0.25, 0.3) is 0 Å². The second kappa shape index (κ2) is 10.9. The van der Waals surface area contributed by atoms with Crippen LogP contribution in [0.4, 0.5) is 5.69 Å². The van der Waals surface area contributed by atoms with E-state index in [0.29, 0.717) is 6.54 Å².